The maximum absolute atomic E-state index is 9.74. The topological polar surface area (TPSA) is 35.8 Å². The fourth-order valence-corrected chi connectivity index (χ4v) is 3.34. The standard InChI is InChI=1S/C16H21ClN2/c1-12(2)15-5-3-4-10-16(15,11-18)19-14-8-6-13(17)7-9-14/h6-9,12,15,19H,3-5,10H2,1-2H3. The van der Waals surface area contributed by atoms with Gasteiger partial charge in [-0.05, 0) is 48.9 Å². The van der Waals surface area contributed by atoms with Gasteiger partial charge in [-0.25, -0.2) is 0 Å². The van der Waals surface area contributed by atoms with Crippen LogP contribution in [0.1, 0.15) is 39.5 Å². The molecule has 1 aliphatic carbocycles. The second kappa shape index (κ2) is 5.84. The van der Waals surface area contributed by atoms with Crippen LogP contribution in [0.15, 0.2) is 24.3 Å². The third-order valence-electron chi connectivity index (χ3n) is 4.19. The summed E-state index contributed by atoms with van der Waals surface area (Å²) in [5, 5.41) is 13.9. The van der Waals surface area contributed by atoms with E-state index in [1.54, 1.807) is 0 Å². The average Bonchev–Trinajstić information content (AvgIpc) is 2.41. The van der Waals surface area contributed by atoms with Gasteiger partial charge in [0, 0.05) is 10.7 Å². The molecule has 0 heterocycles. The molecule has 0 spiro atoms. The van der Waals surface area contributed by atoms with Crippen molar-refractivity contribution in [1.29, 1.82) is 5.26 Å². The zero-order valence-corrected chi connectivity index (χ0v) is 12.4. The van der Waals surface area contributed by atoms with E-state index in [2.05, 4.69) is 25.2 Å². The van der Waals surface area contributed by atoms with Gasteiger partial charge >= 0.3 is 0 Å². The number of nitrogens with one attached hydrogen (secondary N) is 1. The van der Waals surface area contributed by atoms with Crippen molar-refractivity contribution < 1.29 is 0 Å². The molecule has 0 bridgehead atoms. The summed E-state index contributed by atoms with van der Waals surface area (Å²) in [6, 6.07) is 10.2. The average molecular weight is 277 g/mol. The van der Waals surface area contributed by atoms with Crippen LogP contribution in [-0.2, 0) is 0 Å². The second-order valence-corrected chi connectivity index (χ2v) is 6.25. The lowest BCUT2D eigenvalue weighted by Crippen LogP contribution is -2.48. The Morgan fingerprint density at radius 3 is 2.58 bits per heavy atom. The molecular formula is C16H21ClN2. The smallest absolute Gasteiger partial charge is 0.128 e. The summed E-state index contributed by atoms with van der Waals surface area (Å²) in [4.78, 5) is 0. The molecule has 1 aliphatic rings. The first-order valence-corrected chi connectivity index (χ1v) is 7.40. The van der Waals surface area contributed by atoms with Crippen LogP contribution < -0.4 is 5.32 Å². The SMILES string of the molecule is CC(C)C1CCCCC1(C#N)Nc1ccc(Cl)cc1. The molecule has 0 aromatic heterocycles. The number of hydrogen-bond donors (Lipinski definition) is 1. The summed E-state index contributed by atoms with van der Waals surface area (Å²) < 4.78 is 0. The van der Waals surface area contributed by atoms with Gasteiger partial charge in [-0.15, -0.1) is 0 Å². The van der Waals surface area contributed by atoms with Crippen molar-refractivity contribution >= 4 is 17.3 Å². The Hall–Kier alpha value is -1.20. The molecule has 102 valence electrons. The number of hydrogen-bond acceptors (Lipinski definition) is 2. The van der Waals surface area contributed by atoms with Crippen molar-refractivity contribution in [3.8, 4) is 6.07 Å². The molecule has 3 heteroatoms. The Balaban J connectivity index is 2.25. The third kappa shape index (κ3) is 3.04. The number of nitrogens with zero attached hydrogens (tertiary/aromatic N) is 1. The second-order valence-electron chi connectivity index (χ2n) is 5.81. The van der Waals surface area contributed by atoms with Gasteiger partial charge < -0.3 is 5.32 Å². The maximum Gasteiger partial charge on any atom is 0.128 e. The molecule has 19 heavy (non-hydrogen) atoms. The Kier molecular flexibility index (Phi) is 4.37. The van der Waals surface area contributed by atoms with Crippen molar-refractivity contribution in [2.24, 2.45) is 11.8 Å². The molecule has 1 saturated carbocycles. The monoisotopic (exact) mass is 276 g/mol. The van der Waals surface area contributed by atoms with E-state index in [-0.39, 0.29) is 0 Å². The molecule has 0 amide bonds. The van der Waals surface area contributed by atoms with Crippen LogP contribution in [0.2, 0.25) is 5.02 Å². The lowest BCUT2D eigenvalue weighted by molar-refractivity contribution is 0.205. The Morgan fingerprint density at radius 1 is 1.32 bits per heavy atom. The molecule has 1 aromatic carbocycles. The highest BCUT2D eigenvalue weighted by atomic mass is 35.5. The normalized spacial score (nSPS) is 27.0. The highest BCUT2D eigenvalue weighted by Crippen LogP contribution is 2.40. The highest BCUT2D eigenvalue weighted by molar-refractivity contribution is 6.30. The van der Waals surface area contributed by atoms with Gasteiger partial charge in [0.1, 0.15) is 5.54 Å². The van der Waals surface area contributed by atoms with Crippen molar-refractivity contribution in [3.05, 3.63) is 29.3 Å². The van der Waals surface area contributed by atoms with E-state index in [9.17, 15) is 5.26 Å². The van der Waals surface area contributed by atoms with Crippen LogP contribution in [-0.4, -0.2) is 5.54 Å². The minimum atomic E-state index is -0.430. The molecule has 2 rings (SSSR count). The van der Waals surface area contributed by atoms with Gasteiger partial charge in [-0.1, -0.05) is 38.3 Å². The lowest BCUT2D eigenvalue weighted by Gasteiger charge is -2.42. The van der Waals surface area contributed by atoms with E-state index in [0.717, 1.165) is 30.0 Å². The molecule has 2 atom stereocenters. The fourth-order valence-electron chi connectivity index (χ4n) is 3.22. The lowest BCUT2D eigenvalue weighted by atomic mass is 9.68. The van der Waals surface area contributed by atoms with Crippen LogP contribution in [0.25, 0.3) is 0 Å². The van der Waals surface area contributed by atoms with Crippen molar-refractivity contribution in [3.63, 3.8) is 0 Å². The number of benzene rings is 1. The molecule has 2 nitrogen and oxygen atoms in total. The van der Waals surface area contributed by atoms with Crippen LogP contribution in [0.5, 0.6) is 0 Å². The predicted octanol–water partition coefficient (Wildman–Crippen LogP) is 4.86. The van der Waals surface area contributed by atoms with E-state index < -0.39 is 5.54 Å². The van der Waals surface area contributed by atoms with E-state index >= 15 is 0 Å². The Morgan fingerprint density at radius 2 is 2.00 bits per heavy atom. The van der Waals surface area contributed by atoms with Crippen LogP contribution in [0, 0.1) is 23.2 Å². The summed E-state index contributed by atoms with van der Waals surface area (Å²) >= 11 is 5.91. The summed E-state index contributed by atoms with van der Waals surface area (Å²) in [7, 11) is 0. The largest absolute Gasteiger partial charge is 0.367 e. The Labute approximate surface area is 120 Å². The molecule has 1 aromatic rings. The molecule has 0 radical (unpaired) electrons. The maximum atomic E-state index is 9.74. The van der Waals surface area contributed by atoms with Gasteiger partial charge in [0.15, 0.2) is 0 Å². The van der Waals surface area contributed by atoms with Crippen molar-refractivity contribution in [2.75, 3.05) is 5.32 Å². The summed E-state index contributed by atoms with van der Waals surface area (Å²) in [6.45, 7) is 4.43. The number of rotatable bonds is 3. The van der Waals surface area contributed by atoms with Crippen LogP contribution >= 0.6 is 11.6 Å². The number of halogens is 1. The first-order valence-electron chi connectivity index (χ1n) is 7.02. The van der Waals surface area contributed by atoms with Crippen molar-refractivity contribution in [1.82, 2.24) is 0 Å². The highest BCUT2D eigenvalue weighted by Gasteiger charge is 2.42. The quantitative estimate of drug-likeness (QED) is 0.856. The van der Waals surface area contributed by atoms with E-state index in [1.807, 2.05) is 24.3 Å². The Bertz CT molecular complexity index is 461. The molecule has 0 saturated heterocycles. The molecule has 1 fully saturated rings. The van der Waals surface area contributed by atoms with Crippen LogP contribution in [0.4, 0.5) is 5.69 Å². The van der Waals surface area contributed by atoms with Gasteiger partial charge in [-0.2, -0.15) is 5.26 Å². The van der Waals surface area contributed by atoms with Crippen LogP contribution in [0.3, 0.4) is 0 Å². The first-order chi connectivity index (χ1) is 9.07. The third-order valence-corrected chi connectivity index (χ3v) is 4.44. The van der Waals surface area contributed by atoms with Gasteiger partial charge in [0.2, 0.25) is 0 Å². The van der Waals surface area contributed by atoms with E-state index in [0.29, 0.717) is 11.8 Å². The molecule has 2 unspecified atom stereocenters. The molecule has 1 N–H and O–H groups in total. The van der Waals surface area contributed by atoms with Gasteiger partial charge in [-0.3, -0.25) is 0 Å². The predicted molar refractivity (Wildman–Crippen MR) is 80.2 cm³/mol. The summed E-state index contributed by atoms with van der Waals surface area (Å²) in [5.74, 6) is 0.918. The van der Waals surface area contributed by atoms with E-state index in [4.69, 9.17) is 11.6 Å². The minimum absolute atomic E-state index is 0.405. The van der Waals surface area contributed by atoms with Gasteiger partial charge in [0.25, 0.3) is 0 Å². The summed E-state index contributed by atoms with van der Waals surface area (Å²) in [6.07, 6.45) is 4.41. The number of anilines is 1. The summed E-state index contributed by atoms with van der Waals surface area (Å²) in [5.41, 5.74) is 0.554. The minimum Gasteiger partial charge on any atom is -0.367 e. The van der Waals surface area contributed by atoms with Gasteiger partial charge in [0.05, 0.1) is 6.07 Å². The van der Waals surface area contributed by atoms with E-state index in [1.165, 1.54) is 6.42 Å². The first kappa shape index (κ1) is 14.2. The molecular weight excluding hydrogens is 256 g/mol. The number of nitriles is 1. The zero-order chi connectivity index (χ0) is 13.9. The molecule has 0 aliphatic heterocycles. The van der Waals surface area contributed by atoms with Crippen molar-refractivity contribution in [2.45, 2.75) is 45.1 Å². The fraction of sp³-hybridized carbons (Fsp3) is 0.562. The zero-order valence-electron chi connectivity index (χ0n) is 11.6.